The Balaban J connectivity index is 1.34. The molecule has 1 fully saturated rings. The summed E-state index contributed by atoms with van der Waals surface area (Å²) in [5, 5.41) is 22.7. The maximum absolute atomic E-state index is 13.0. The molecule has 0 aliphatic heterocycles. The van der Waals surface area contributed by atoms with Gasteiger partial charge in [-0.3, -0.25) is 14.3 Å². The van der Waals surface area contributed by atoms with E-state index in [-0.39, 0.29) is 11.2 Å². The summed E-state index contributed by atoms with van der Waals surface area (Å²) in [6.45, 7) is 1.88. The number of nitrogens with zero attached hydrogens (tertiary/aromatic N) is 5. The van der Waals surface area contributed by atoms with Crippen molar-refractivity contribution >= 4 is 34.0 Å². The van der Waals surface area contributed by atoms with Crippen LogP contribution in [0.2, 0.25) is 0 Å². The van der Waals surface area contributed by atoms with E-state index in [9.17, 15) is 10.1 Å². The molecule has 0 saturated heterocycles. The molecule has 0 bridgehead atoms. The number of rotatable bonds is 6. The number of amides is 1. The Kier molecular flexibility index (Phi) is 5.98. The number of thioether (sulfide) groups is 1. The first-order chi connectivity index (χ1) is 15.7. The molecular weight excluding hydrogens is 440 g/mol. The summed E-state index contributed by atoms with van der Waals surface area (Å²) < 4.78 is 2.15. The summed E-state index contributed by atoms with van der Waals surface area (Å²) in [5.74, 6) is 0.706. The molecule has 32 heavy (non-hydrogen) atoms. The van der Waals surface area contributed by atoms with Crippen molar-refractivity contribution < 1.29 is 4.79 Å². The van der Waals surface area contributed by atoms with Gasteiger partial charge in [0.05, 0.1) is 10.8 Å². The van der Waals surface area contributed by atoms with Crippen molar-refractivity contribution in [1.82, 2.24) is 19.7 Å². The molecule has 164 valence electrons. The van der Waals surface area contributed by atoms with E-state index in [2.05, 4.69) is 31.1 Å². The molecule has 3 aromatic rings. The largest absolute Gasteiger partial charge is 0.316 e. The zero-order chi connectivity index (χ0) is 22.1. The van der Waals surface area contributed by atoms with Crippen molar-refractivity contribution in [3.05, 3.63) is 40.5 Å². The van der Waals surface area contributed by atoms with Gasteiger partial charge in [0.1, 0.15) is 11.1 Å². The lowest BCUT2D eigenvalue weighted by Crippen LogP contribution is -2.23. The molecule has 1 amide bonds. The number of carbonyl (C=O) groups is 1. The number of hydrogen-bond acceptors (Lipinski definition) is 7. The van der Waals surface area contributed by atoms with Crippen molar-refractivity contribution in [1.29, 1.82) is 5.26 Å². The van der Waals surface area contributed by atoms with Gasteiger partial charge < -0.3 is 5.32 Å². The van der Waals surface area contributed by atoms with Gasteiger partial charge in [-0.25, -0.2) is 0 Å². The minimum absolute atomic E-state index is 0.112. The molecule has 3 aromatic heterocycles. The van der Waals surface area contributed by atoms with Crippen LogP contribution < -0.4 is 5.32 Å². The molecule has 1 atom stereocenters. The smallest absolute Gasteiger partial charge is 0.238 e. The third-order valence-corrected chi connectivity index (χ3v) is 8.20. The molecule has 1 saturated carbocycles. The van der Waals surface area contributed by atoms with E-state index in [1.807, 2.05) is 19.1 Å². The van der Waals surface area contributed by atoms with Crippen molar-refractivity contribution in [2.24, 2.45) is 0 Å². The number of fused-ring (bicyclic) bond motifs is 1. The average molecular weight is 465 g/mol. The minimum Gasteiger partial charge on any atom is -0.316 e. The first-order valence-corrected chi connectivity index (χ1v) is 12.7. The SMILES string of the molecule is C[C@@H](Sc1nnc(-c2ccncc2)n1C1CC1)C(=O)Nc1sc2c(c1C#N)CCCCC2. The number of aryl methyl sites for hydroxylation is 1. The number of pyridine rings is 1. The Hall–Kier alpha value is -2.70. The van der Waals surface area contributed by atoms with E-state index in [0.29, 0.717) is 16.6 Å². The topological polar surface area (TPSA) is 96.5 Å². The fourth-order valence-corrected chi connectivity index (χ4v) is 6.25. The molecule has 0 radical (unpaired) electrons. The van der Waals surface area contributed by atoms with Crippen molar-refractivity contribution in [2.45, 2.75) is 68.3 Å². The molecule has 2 aliphatic carbocycles. The number of aromatic nitrogens is 4. The van der Waals surface area contributed by atoms with Crippen LogP contribution >= 0.6 is 23.1 Å². The summed E-state index contributed by atoms with van der Waals surface area (Å²) in [5.41, 5.74) is 2.77. The normalized spacial score (nSPS) is 16.6. The molecule has 3 heterocycles. The molecule has 2 aliphatic rings. The molecule has 9 heteroatoms. The van der Waals surface area contributed by atoms with Crippen LogP contribution in [-0.4, -0.2) is 30.9 Å². The second-order valence-corrected chi connectivity index (χ2v) is 10.7. The average Bonchev–Trinajstić information content (AvgIpc) is 3.54. The van der Waals surface area contributed by atoms with E-state index in [1.165, 1.54) is 23.1 Å². The Morgan fingerprint density at radius 1 is 1.25 bits per heavy atom. The summed E-state index contributed by atoms with van der Waals surface area (Å²) in [7, 11) is 0. The van der Waals surface area contributed by atoms with E-state index in [0.717, 1.165) is 60.6 Å². The van der Waals surface area contributed by atoms with E-state index in [4.69, 9.17) is 0 Å². The van der Waals surface area contributed by atoms with E-state index in [1.54, 1.807) is 23.7 Å². The van der Waals surface area contributed by atoms with E-state index < -0.39 is 0 Å². The van der Waals surface area contributed by atoms with Crippen LogP contribution in [0.3, 0.4) is 0 Å². The second kappa shape index (κ2) is 9.04. The molecule has 5 rings (SSSR count). The highest BCUT2D eigenvalue weighted by Gasteiger charge is 2.32. The number of anilines is 1. The Labute approximate surface area is 195 Å². The molecular formula is C23H24N6OS2. The van der Waals surface area contributed by atoms with Gasteiger partial charge in [0.25, 0.3) is 0 Å². The van der Waals surface area contributed by atoms with Gasteiger partial charge in [-0.1, -0.05) is 18.2 Å². The highest BCUT2D eigenvalue weighted by molar-refractivity contribution is 8.00. The van der Waals surface area contributed by atoms with Gasteiger partial charge in [0.15, 0.2) is 11.0 Å². The molecule has 0 spiro atoms. The molecule has 1 N–H and O–H groups in total. The summed E-state index contributed by atoms with van der Waals surface area (Å²) >= 11 is 2.98. The monoisotopic (exact) mass is 464 g/mol. The van der Waals surface area contributed by atoms with Crippen LogP contribution in [0.15, 0.2) is 29.7 Å². The number of thiophene rings is 1. The van der Waals surface area contributed by atoms with Gasteiger partial charge in [0.2, 0.25) is 5.91 Å². The van der Waals surface area contributed by atoms with Crippen LogP contribution in [0.1, 0.15) is 61.1 Å². The van der Waals surface area contributed by atoms with Gasteiger partial charge >= 0.3 is 0 Å². The standard InChI is InChI=1S/C23H24N6OS2/c1-14(21(30)26-22-18(13-24)17-5-3-2-4-6-19(17)32-22)31-23-28-27-20(29(23)16-7-8-16)15-9-11-25-12-10-15/h9-12,14,16H,2-8H2,1H3,(H,26,30)/t14-/m1/s1. The fraction of sp³-hybridized carbons (Fsp3) is 0.435. The number of nitrogens with one attached hydrogen (secondary N) is 1. The van der Waals surface area contributed by atoms with Crippen molar-refractivity contribution in [3.8, 4) is 17.5 Å². The predicted molar refractivity (Wildman–Crippen MR) is 126 cm³/mol. The zero-order valence-electron chi connectivity index (χ0n) is 17.9. The number of nitriles is 1. The Bertz CT molecular complexity index is 1180. The third-order valence-electron chi connectivity index (χ3n) is 5.94. The molecule has 7 nitrogen and oxygen atoms in total. The lowest BCUT2D eigenvalue weighted by molar-refractivity contribution is -0.115. The summed E-state index contributed by atoms with van der Waals surface area (Å²) in [6, 6.07) is 6.57. The van der Waals surface area contributed by atoms with Crippen LogP contribution in [0.4, 0.5) is 5.00 Å². The van der Waals surface area contributed by atoms with Gasteiger partial charge in [-0.15, -0.1) is 21.5 Å². The van der Waals surface area contributed by atoms with Crippen molar-refractivity contribution in [3.63, 3.8) is 0 Å². The van der Waals surface area contributed by atoms with Crippen molar-refractivity contribution in [2.75, 3.05) is 5.32 Å². The van der Waals surface area contributed by atoms with Gasteiger partial charge in [-0.05, 0) is 63.1 Å². The minimum atomic E-state index is -0.365. The number of hydrogen-bond donors (Lipinski definition) is 1. The highest BCUT2D eigenvalue weighted by Crippen LogP contribution is 2.42. The second-order valence-electron chi connectivity index (χ2n) is 8.27. The van der Waals surface area contributed by atoms with Crippen LogP contribution in [0, 0.1) is 11.3 Å². The summed E-state index contributed by atoms with van der Waals surface area (Å²) in [6.07, 6.45) is 11.1. The fourth-order valence-electron chi connectivity index (χ4n) is 4.09. The number of carbonyl (C=O) groups excluding carboxylic acids is 1. The highest BCUT2D eigenvalue weighted by atomic mass is 32.2. The van der Waals surface area contributed by atoms with Gasteiger partial charge in [-0.2, -0.15) is 5.26 Å². The molecule has 0 aromatic carbocycles. The predicted octanol–water partition coefficient (Wildman–Crippen LogP) is 5.00. The maximum Gasteiger partial charge on any atom is 0.238 e. The molecule has 0 unspecified atom stereocenters. The maximum atomic E-state index is 13.0. The van der Waals surface area contributed by atoms with Gasteiger partial charge in [0, 0.05) is 28.9 Å². The Morgan fingerprint density at radius 3 is 2.78 bits per heavy atom. The lowest BCUT2D eigenvalue weighted by Gasteiger charge is -2.13. The first-order valence-electron chi connectivity index (χ1n) is 11.0. The van der Waals surface area contributed by atoms with Crippen LogP contribution in [0.5, 0.6) is 0 Å². The van der Waals surface area contributed by atoms with E-state index >= 15 is 0 Å². The zero-order valence-corrected chi connectivity index (χ0v) is 19.5. The quantitative estimate of drug-likeness (QED) is 0.407. The Morgan fingerprint density at radius 2 is 2.03 bits per heavy atom. The summed E-state index contributed by atoms with van der Waals surface area (Å²) in [4.78, 5) is 18.4. The van der Waals surface area contributed by atoms with Crippen LogP contribution in [-0.2, 0) is 17.6 Å². The van der Waals surface area contributed by atoms with Crippen LogP contribution in [0.25, 0.3) is 11.4 Å². The first kappa shape index (κ1) is 21.2. The third kappa shape index (κ3) is 4.17. The lowest BCUT2D eigenvalue weighted by atomic mass is 10.1.